The predicted octanol–water partition coefficient (Wildman–Crippen LogP) is 33.5. The first kappa shape index (κ1) is 90.8. The van der Waals surface area contributed by atoms with Gasteiger partial charge < -0.3 is 0 Å². The van der Waals surface area contributed by atoms with Crippen LogP contribution in [0.2, 0.25) is 0 Å². The molecule has 10 aromatic heterocycles. The first-order chi connectivity index (χ1) is 74.3. The zero-order chi connectivity index (χ0) is 99.8. The van der Waals surface area contributed by atoms with Gasteiger partial charge in [0.1, 0.15) is 0 Å². The number of rotatable bonds is 18. The second-order valence-corrected chi connectivity index (χ2v) is 36.7. The first-order valence-corrected chi connectivity index (χ1v) is 49.8. The highest BCUT2D eigenvalue weighted by molar-refractivity contribution is 6.17. The molecule has 0 fully saturated rings. The molecule has 0 N–H and O–H groups in total. The lowest BCUT2D eigenvalue weighted by Gasteiger charge is -2.13. The van der Waals surface area contributed by atoms with Crippen LogP contribution in [0.1, 0.15) is 0 Å². The summed E-state index contributed by atoms with van der Waals surface area (Å²) < 4.78 is 0. The second kappa shape index (κ2) is 41.1. The van der Waals surface area contributed by atoms with E-state index in [1.807, 2.05) is 128 Å². The summed E-state index contributed by atoms with van der Waals surface area (Å²) >= 11 is 0. The summed E-state index contributed by atoms with van der Waals surface area (Å²) in [4.78, 5) is 66.6. The smallest absolute Gasteiger partial charge is 0.164 e. The van der Waals surface area contributed by atoms with E-state index in [0.717, 1.165) is 157 Å². The summed E-state index contributed by atoms with van der Waals surface area (Å²) in [5, 5.41) is 10.8. The number of fused-ring (bicyclic) bond motifs is 9. The van der Waals surface area contributed by atoms with Crippen molar-refractivity contribution >= 4 is 65.0 Å². The molecule has 0 amide bonds. The molecule has 0 spiro atoms. The van der Waals surface area contributed by atoms with Crippen molar-refractivity contribution in [3.8, 4) is 203 Å². The van der Waals surface area contributed by atoms with Gasteiger partial charge in [-0.15, -0.1) is 0 Å². The molecular weight excluding hydrogens is 1830 g/mol. The summed E-state index contributed by atoms with van der Waals surface area (Å²) in [5.74, 6) is 3.23. The van der Waals surface area contributed by atoms with E-state index < -0.39 is 0 Å². The Morgan fingerprint density at radius 1 is 0.120 bits per heavy atom. The lowest BCUT2D eigenvalue weighted by atomic mass is 9.94. The van der Waals surface area contributed by atoms with Crippen LogP contribution >= 0.6 is 0 Å². The second-order valence-electron chi connectivity index (χ2n) is 36.7. The zero-order valence-corrected chi connectivity index (χ0v) is 81.1. The molecule has 0 unspecified atom stereocenters. The summed E-state index contributed by atoms with van der Waals surface area (Å²) in [5.41, 5.74) is 34.8. The van der Waals surface area contributed by atoms with Crippen molar-refractivity contribution in [1.29, 1.82) is 0 Å². The molecule has 27 aromatic rings. The van der Waals surface area contributed by atoms with Crippen molar-refractivity contribution in [1.82, 2.24) is 69.8 Å². The molecule has 0 bridgehead atoms. The van der Waals surface area contributed by atoms with Crippen LogP contribution in [0.25, 0.3) is 268 Å². The molecular formula is C136H88N14. The SMILES string of the molecule is c1ccc(-c2cc(-c3ccc(-c4ccc(-c5cc(-c6cccnc6)nc(-c6cccnc6)n5)cc4)cc3)nc3ccc4ccccc4c23)cc1.c1ccc(-c2cc(-c3ccc(-c4ccc(-c5cc(-c6ccncc6)nc(-c6ccncc6)n5)cc4)cc3)nc3ccc4ccccc4c23)cc1.c1ccc(-c2nc(-c3ccccc3)nc(-c3ccc(-c4ccc(-c5cc(-c6ccccc6)c6c(ccc7ccccc76)n5)cc4)cc3)n2)cc1. The fourth-order valence-corrected chi connectivity index (χ4v) is 19.7. The highest BCUT2D eigenvalue weighted by Crippen LogP contribution is 2.44. The summed E-state index contributed by atoms with van der Waals surface area (Å²) in [6.45, 7) is 0. The Kier molecular flexibility index (Phi) is 24.9. The Bertz CT molecular complexity index is 8520. The topological polar surface area (TPSA) is 180 Å². The Morgan fingerprint density at radius 3 is 0.647 bits per heavy atom. The van der Waals surface area contributed by atoms with Crippen LogP contribution < -0.4 is 0 Å². The van der Waals surface area contributed by atoms with Crippen LogP contribution in [0.4, 0.5) is 0 Å². The van der Waals surface area contributed by atoms with Gasteiger partial charge in [-0.2, -0.15) is 0 Å². The number of aromatic nitrogens is 14. The quantitative estimate of drug-likeness (QED) is 0.0740. The molecule has 0 radical (unpaired) electrons. The number of benzene rings is 17. The van der Waals surface area contributed by atoms with Gasteiger partial charge in [0, 0.05) is 132 Å². The zero-order valence-electron chi connectivity index (χ0n) is 81.1. The van der Waals surface area contributed by atoms with Crippen molar-refractivity contribution < 1.29 is 0 Å². The fraction of sp³-hybridized carbons (Fsp3) is 0. The molecule has 0 aliphatic heterocycles. The van der Waals surface area contributed by atoms with Gasteiger partial charge in [0.15, 0.2) is 29.1 Å². The Morgan fingerprint density at radius 2 is 0.340 bits per heavy atom. The number of hydrogen-bond acceptors (Lipinski definition) is 14. The summed E-state index contributed by atoms with van der Waals surface area (Å²) in [6.07, 6.45) is 14.2. The minimum atomic E-state index is 0.625. The Balaban J connectivity index is 0.000000116. The maximum Gasteiger partial charge on any atom is 0.164 e. The van der Waals surface area contributed by atoms with Gasteiger partial charge >= 0.3 is 0 Å². The molecule has 0 aliphatic rings. The van der Waals surface area contributed by atoms with Crippen LogP contribution in [0.5, 0.6) is 0 Å². The van der Waals surface area contributed by atoms with Crippen molar-refractivity contribution in [2.24, 2.45) is 0 Å². The summed E-state index contributed by atoms with van der Waals surface area (Å²) in [6, 6.07) is 168. The lowest BCUT2D eigenvalue weighted by molar-refractivity contribution is 1.07. The van der Waals surface area contributed by atoms with Crippen molar-refractivity contribution in [3.63, 3.8) is 0 Å². The normalized spacial score (nSPS) is 11.2. The maximum absolute atomic E-state index is 5.17. The van der Waals surface area contributed by atoms with Crippen molar-refractivity contribution in [3.05, 3.63) is 535 Å². The molecule has 14 heteroatoms. The van der Waals surface area contributed by atoms with Crippen LogP contribution in [-0.4, -0.2) is 69.8 Å². The van der Waals surface area contributed by atoms with Crippen LogP contribution in [0.15, 0.2) is 535 Å². The molecule has 150 heavy (non-hydrogen) atoms. The predicted molar refractivity (Wildman–Crippen MR) is 611 cm³/mol. The van der Waals surface area contributed by atoms with E-state index in [4.69, 9.17) is 49.8 Å². The van der Waals surface area contributed by atoms with E-state index in [-0.39, 0.29) is 0 Å². The minimum Gasteiger partial charge on any atom is -0.265 e. The van der Waals surface area contributed by atoms with Crippen LogP contribution in [-0.2, 0) is 0 Å². The molecule has 0 atom stereocenters. The fourth-order valence-electron chi connectivity index (χ4n) is 19.7. The van der Waals surface area contributed by atoms with E-state index in [1.165, 1.54) is 81.9 Å². The van der Waals surface area contributed by atoms with Gasteiger partial charge in [0.25, 0.3) is 0 Å². The standard InChI is InChI=1S/C46H30N4.2C45H29N5/c1-4-12-33(13-5-1)40-30-42(47-41-29-28-34-14-10-11-19-39(34)43(40)41)35-24-20-31(21-25-35)32-22-26-38(27-23-32)46-49-44(36-15-6-2-7-16-36)48-45(50-46)37-17-8-3-9-18-37;1-2-8-32(9-3-1)39-26-41(48-40-23-22-33-10-4-5-13-38(33)44(39)40)34-18-14-30(15-19-34)31-16-20-35(21-17-31)42-27-43(36-11-6-24-46-28-36)50-45(49-42)37-12-7-25-47-29-37;1-2-6-32(7-3-1)39-28-41(48-40-19-18-33-8-4-5-9-38(33)44(39)40)34-14-10-30(11-15-34)31-12-16-35(17-13-31)42-29-43(36-20-24-46-25-21-36)50-45(49-42)37-22-26-47-27-23-37/h1-30H;2*1-29H. The Hall–Kier alpha value is -20.5. The molecule has 10 heterocycles. The molecule has 0 aliphatic carbocycles. The highest BCUT2D eigenvalue weighted by atomic mass is 15.0. The van der Waals surface area contributed by atoms with Gasteiger partial charge in [0.05, 0.1) is 56.4 Å². The first-order valence-electron chi connectivity index (χ1n) is 49.8. The molecule has 17 aromatic carbocycles. The van der Waals surface area contributed by atoms with Gasteiger partial charge in [-0.05, 0) is 196 Å². The maximum atomic E-state index is 5.17. The monoisotopic (exact) mass is 1920 g/mol. The molecule has 0 saturated heterocycles. The average molecular weight is 1920 g/mol. The van der Waals surface area contributed by atoms with Gasteiger partial charge in [-0.3, -0.25) is 19.9 Å². The summed E-state index contributed by atoms with van der Waals surface area (Å²) in [7, 11) is 0. The third-order valence-electron chi connectivity index (χ3n) is 27.3. The Labute approximate surface area is 866 Å². The minimum absolute atomic E-state index is 0.625. The number of nitrogens with zero attached hydrogens (tertiary/aromatic N) is 14. The van der Waals surface area contributed by atoms with Crippen LogP contribution in [0, 0.1) is 0 Å². The van der Waals surface area contributed by atoms with Crippen molar-refractivity contribution in [2.45, 2.75) is 0 Å². The molecule has 27 rings (SSSR count). The van der Waals surface area contributed by atoms with Gasteiger partial charge in [-0.1, -0.05) is 388 Å². The molecule has 0 saturated carbocycles. The van der Waals surface area contributed by atoms with E-state index in [1.54, 1.807) is 43.4 Å². The molecule has 14 nitrogen and oxygen atoms in total. The highest BCUT2D eigenvalue weighted by Gasteiger charge is 2.22. The van der Waals surface area contributed by atoms with E-state index in [0.29, 0.717) is 29.1 Å². The largest absolute Gasteiger partial charge is 0.265 e. The van der Waals surface area contributed by atoms with E-state index in [2.05, 4.69) is 384 Å². The number of pyridine rings is 7. The van der Waals surface area contributed by atoms with Gasteiger partial charge in [0.2, 0.25) is 0 Å². The van der Waals surface area contributed by atoms with E-state index in [9.17, 15) is 0 Å². The van der Waals surface area contributed by atoms with Crippen LogP contribution in [0.3, 0.4) is 0 Å². The third kappa shape index (κ3) is 19.0. The van der Waals surface area contributed by atoms with Gasteiger partial charge in [-0.25, -0.2) is 49.8 Å². The molecule has 702 valence electrons. The third-order valence-corrected chi connectivity index (χ3v) is 27.3. The lowest BCUT2D eigenvalue weighted by Crippen LogP contribution is -2.00. The number of hydrogen-bond donors (Lipinski definition) is 0. The van der Waals surface area contributed by atoms with Crippen molar-refractivity contribution in [2.75, 3.05) is 0 Å². The average Bonchev–Trinajstić information content (AvgIpc) is 0.757. The van der Waals surface area contributed by atoms with E-state index >= 15 is 0 Å².